The molecule has 0 spiro atoms. The summed E-state index contributed by atoms with van der Waals surface area (Å²) in [7, 11) is 0. The molecule has 2 rings (SSSR count). The van der Waals surface area contributed by atoms with E-state index in [1.165, 1.54) is 13.0 Å². The molecule has 1 aromatic rings. The third-order valence-corrected chi connectivity index (χ3v) is 2.92. The first-order valence-corrected chi connectivity index (χ1v) is 6.06. The van der Waals surface area contributed by atoms with E-state index in [0.29, 0.717) is 26.3 Å². The van der Waals surface area contributed by atoms with Gasteiger partial charge in [-0.25, -0.2) is 9.78 Å². The lowest BCUT2D eigenvalue weighted by atomic mass is 10.2. The molecule has 0 unspecified atom stereocenters. The number of ether oxygens (including phenoxy) is 1. The van der Waals surface area contributed by atoms with Crippen molar-refractivity contribution in [3.8, 4) is 0 Å². The highest BCUT2D eigenvalue weighted by atomic mass is 19.4. The number of pyridine rings is 1. The van der Waals surface area contributed by atoms with Crippen LogP contribution in [-0.4, -0.2) is 42.2 Å². The molecule has 0 saturated carbocycles. The van der Waals surface area contributed by atoms with Crippen molar-refractivity contribution >= 4 is 11.7 Å². The molecule has 1 N–H and O–H groups in total. The number of hydrogen-bond acceptors (Lipinski definition) is 3. The predicted molar refractivity (Wildman–Crippen MR) is 65.4 cm³/mol. The average Bonchev–Trinajstić information content (AvgIpc) is 2.41. The number of nitrogens with one attached hydrogen (secondary N) is 1. The van der Waals surface area contributed by atoms with E-state index >= 15 is 0 Å². The molecular weight excluding hydrogens is 275 g/mol. The van der Waals surface area contributed by atoms with Crippen LogP contribution >= 0.6 is 0 Å². The molecule has 8 heteroatoms. The number of halogens is 3. The summed E-state index contributed by atoms with van der Waals surface area (Å²) in [6.07, 6.45) is -4.49. The molecule has 5 nitrogen and oxygen atoms in total. The molecule has 1 aliphatic heterocycles. The SMILES string of the molecule is Cc1nc(C(F)(F)F)ccc1NC(=O)N1CCOCC1. The quantitative estimate of drug-likeness (QED) is 0.863. The van der Waals surface area contributed by atoms with Gasteiger partial charge in [-0.3, -0.25) is 0 Å². The summed E-state index contributed by atoms with van der Waals surface area (Å²) in [5.41, 5.74) is -0.574. The molecule has 20 heavy (non-hydrogen) atoms. The maximum Gasteiger partial charge on any atom is 0.433 e. The predicted octanol–water partition coefficient (Wildman–Crippen LogP) is 2.27. The molecule has 0 radical (unpaired) electrons. The van der Waals surface area contributed by atoms with Crippen LogP contribution in [0, 0.1) is 6.92 Å². The normalized spacial score (nSPS) is 16.1. The van der Waals surface area contributed by atoms with Gasteiger partial charge < -0.3 is 15.0 Å². The Morgan fingerprint density at radius 3 is 2.55 bits per heavy atom. The lowest BCUT2D eigenvalue weighted by molar-refractivity contribution is -0.141. The summed E-state index contributed by atoms with van der Waals surface area (Å²) < 4.78 is 42.6. The number of hydrogen-bond donors (Lipinski definition) is 1. The summed E-state index contributed by atoms with van der Waals surface area (Å²) >= 11 is 0. The van der Waals surface area contributed by atoms with Gasteiger partial charge in [0, 0.05) is 13.1 Å². The van der Waals surface area contributed by atoms with E-state index in [2.05, 4.69) is 10.3 Å². The maximum atomic E-state index is 12.5. The Morgan fingerprint density at radius 1 is 1.35 bits per heavy atom. The number of rotatable bonds is 1. The van der Waals surface area contributed by atoms with Crippen LogP contribution in [-0.2, 0) is 10.9 Å². The van der Waals surface area contributed by atoms with Gasteiger partial charge in [-0.05, 0) is 19.1 Å². The standard InChI is InChI=1S/C12H14F3N3O2/c1-8-9(2-3-10(16-8)12(13,14)15)17-11(19)18-4-6-20-7-5-18/h2-3H,4-7H2,1H3,(H,17,19). The topological polar surface area (TPSA) is 54.5 Å². The highest BCUT2D eigenvalue weighted by Crippen LogP contribution is 2.29. The van der Waals surface area contributed by atoms with Crippen LogP contribution in [0.2, 0.25) is 0 Å². The minimum Gasteiger partial charge on any atom is -0.378 e. The molecule has 1 saturated heterocycles. The van der Waals surface area contributed by atoms with Crippen molar-refractivity contribution in [2.45, 2.75) is 13.1 Å². The molecule has 110 valence electrons. The fraction of sp³-hybridized carbons (Fsp3) is 0.500. The number of nitrogens with zero attached hydrogens (tertiary/aromatic N) is 2. The molecule has 1 fully saturated rings. The summed E-state index contributed by atoms with van der Waals surface area (Å²) in [4.78, 5) is 16.9. The Bertz CT molecular complexity index is 499. The summed E-state index contributed by atoms with van der Waals surface area (Å²) in [6.45, 7) is 3.25. The monoisotopic (exact) mass is 289 g/mol. The number of morpholine rings is 1. The lowest BCUT2D eigenvalue weighted by Crippen LogP contribution is -2.43. The lowest BCUT2D eigenvalue weighted by Gasteiger charge is -2.27. The van der Waals surface area contributed by atoms with Gasteiger partial charge in [-0.1, -0.05) is 0 Å². The van der Waals surface area contributed by atoms with Gasteiger partial charge in [0.15, 0.2) is 0 Å². The second-order valence-electron chi connectivity index (χ2n) is 4.36. The third-order valence-electron chi connectivity index (χ3n) is 2.92. The van der Waals surface area contributed by atoms with Crippen LogP contribution in [0.1, 0.15) is 11.4 Å². The summed E-state index contributed by atoms with van der Waals surface area (Å²) in [5, 5.41) is 2.56. The van der Waals surface area contributed by atoms with E-state index in [0.717, 1.165) is 6.07 Å². The first-order valence-electron chi connectivity index (χ1n) is 6.06. The van der Waals surface area contributed by atoms with Crippen molar-refractivity contribution in [3.05, 3.63) is 23.5 Å². The molecule has 2 amide bonds. The number of amides is 2. The van der Waals surface area contributed by atoms with Crippen molar-refractivity contribution in [1.82, 2.24) is 9.88 Å². The van der Waals surface area contributed by atoms with E-state index in [-0.39, 0.29) is 17.4 Å². The Kier molecular flexibility index (Phi) is 4.12. The van der Waals surface area contributed by atoms with Crippen LogP contribution in [0.4, 0.5) is 23.7 Å². The van der Waals surface area contributed by atoms with Crippen LogP contribution in [0.25, 0.3) is 0 Å². The Labute approximate surface area is 113 Å². The molecule has 0 aliphatic carbocycles. The second-order valence-corrected chi connectivity index (χ2v) is 4.36. The van der Waals surface area contributed by atoms with E-state index in [4.69, 9.17) is 4.74 Å². The molecule has 2 heterocycles. The van der Waals surface area contributed by atoms with E-state index in [1.54, 1.807) is 4.90 Å². The van der Waals surface area contributed by atoms with Crippen molar-refractivity contribution in [3.63, 3.8) is 0 Å². The summed E-state index contributed by atoms with van der Waals surface area (Å²) in [5.74, 6) is 0. The Morgan fingerprint density at radius 2 is 2.00 bits per heavy atom. The number of anilines is 1. The van der Waals surface area contributed by atoms with Crippen LogP contribution in [0.15, 0.2) is 12.1 Å². The molecule has 1 aliphatic rings. The van der Waals surface area contributed by atoms with Gasteiger partial charge in [-0.2, -0.15) is 13.2 Å². The van der Waals surface area contributed by atoms with Gasteiger partial charge in [0.25, 0.3) is 0 Å². The summed E-state index contributed by atoms with van der Waals surface area (Å²) in [6, 6.07) is 1.70. The largest absolute Gasteiger partial charge is 0.433 e. The first-order chi connectivity index (χ1) is 9.38. The van der Waals surface area contributed by atoms with Gasteiger partial charge in [0.05, 0.1) is 24.6 Å². The number of alkyl halides is 3. The number of carbonyl (C=O) groups excluding carboxylic acids is 1. The van der Waals surface area contributed by atoms with Crippen LogP contribution in [0.5, 0.6) is 0 Å². The van der Waals surface area contributed by atoms with Crippen LogP contribution in [0.3, 0.4) is 0 Å². The second kappa shape index (κ2) is 5.66. The average molecular weight is 289 g/mol. The van der Waals surface area contributed by atoms with Gasteiger partial charge in [0.1, 0.15) is 5.69 Å². The number of aryl methyl sites for hydroxylation is 1. The van der Waals surface area contributed by atoms with Crippen molar-refractivity contribution in [2.75, 3.05) is 31.6 Å². The van der Waals surface area contributed by atoms with Crippen molar-refractivity contribution in [2.24, 2.45) is 0 Å². The van der Waals surface area contributed by atoms with E-state index in [9.17, 15) is 18.0 Å². The number of carbonyl (C=O) groups is 1. The van der Waals surface area contributed by atoms with Gasteiger partial charge >= 0.3 is 12.2 Å². The Balaban J connectivity index is 2.08. The zero-order valence-electron chi connectivity index (χ0n) is 10.8. The van der Waals surface area contributed by atoms with E-state index in [1.807, 2.05) is 0 Å². The van der Waals surface area contributed by atoms with Gasteiger partial charge in [-0.15, -0.1) is 0 Å². The molecule has 0 bridgehead atoms. The minimum atomic E-state index is -4.49. The van der Waals surface area contributed by atoms with Gasteiger partial charge in [0.2, 0.25) is 0 Å². The first kappa shape index (κ1) is 14.6. The Hall–Kier alpha value is -1.83. The number of urea groups is 1. The fourth-order valence-electron chi connectivity index (χ4n) is 1.81. The zero-order chi connectivity index (χ0) is 14.8. The van der Waals surface area contributed by atoms with E-state index < -0.39 is 11.9 Å². The van der Waals surface area contributed by atoms with Crippen molar-refractivity contribution in [1.29, 1.82) is 0 Å². The van der Waals surface area contributed by atoms with Crippen LogP contribution < -0.4 is 5.32 Å². The highest BCUT2D eigenvalue weighted by Gasteiger charge is 2.32. The molecule has 1 aromatic heterocycles. The molecule has 0 atom stereocenters. The zero-order valence-corrected chi connectivity index (χ0v) is 10.8. The third kappa shape index (κ3) is 3.38. The fourth-order valence-corrected chi connectivity index (χ4v) is 1.81. The number of aromatic nitrogens is 1. The van der Waals surface area contributed by atoms with Crippen molar-refractivity contribution < 1.29 is 22.7 Å². The highest BCUT2D eigenvalue weighted by molar-refractivity contribution is 5.89. The smallest absolute Gasteiger partial charge is 0.378 e. The molecular formula is C12H14F3N3O2. The molecule has 0 aromatic carbocycles. The minimum absolute atomic E-state index is 0.126. The maximum absolute atomic E-state index is 12.5.